The topological polar surface area (TPSA) is 17.8 Å². The highest BCUT2D eigenvalue weighted by Crippen LogP contribution is 2.32. The molecule has 0 amide bonds. The number of aromatic nitrogens is 2. The molecule has 16 heavy (non-hydrogen) atoms. The van der Waals surface area contributed by atoms with Crippen LogP contribution in [0, 0.1) is 0 Å². The lowest BCUT2D eigenvalue weighted by Gasteiger charge is -2.25. The largest absolute Gasteiger partial charge is 0.268 e. The van der Waals surface area contributed by atoms with Crippen LogP contribution in [0.1, 0.15) is 50.6 Å². The molecule has 0 spiro atoms. The van der Waals surface area contributed by atoms with Gasteiger partial charge in [0.1, 0.15) is 0 Å². The van der Waals surface area contributed by atoms with E-state index >= 15 is 0 Å². The molecule has 1 heterocycles. The molecule has 2 nitrogen and oxygen atoms in total. The summed E-state index contributed by atoms with van der Waals surface area (Å²) in [4.78, 5) is 0. The lowest BCUT2D eigenvalue weighted by atomic mass is 9.93. The van der Waals surface area contributed by atoms with Crippen molar-refractivity contribution in [3.8, 4) is 0 Å². The number of fused-ring (bicyclic) bond motifs is 1. The molecule has 1 aliphatic carbocycles. The molecule has 0 N–H and O–H groups in total. The summed E-state index contributed by atoms with van der Waals surface area (Å²) >= 11 is 0. The zero-order chi connectivity index (χ0) is 11.1. The van der Waals surface area contributed by atoms with Crippen LogP contribution in [0.2, 0.25) is 0 Å². The second-order valence-corrected chi connectivity index (χ2v) is 5.17. The summed E-state index contributed by atoms with van der Waals surface area (Å²) in [5.74, 6) is 0.582. The van der Waals surface area contributed by atoms with Gasteiger partial charge in [0.05, 0.1) is 11.6 Å². The van der Waals surface area contributed by atoms with Crippen LogP contribution >= 0.6 is 0 Å². The summed E-state index contributed by atoms with van der Waals surface area (Å²) < 4.78 is 2.16. The molecule has 1 fully saturated rings. The van der Waals surface area contributed by atoms with E-state index in [0.29, 0.717) is 12.0 Å². The Labute approximate surface area is 96.3 Å². The second-order valence-electron chi connectivity index (χ2n) is 5.17. The maximum absolute atomic E-state index is 4.69. The summed E-state index contributed by atoms with van der Waals surface area (Å²) in [6, 6.07) is 7.32. The summed E-state index contributed by atoms with van der Waals surface area (Å²) in [5, 5.41) is 5.97. The van der Waals surface area contributed by atoms with E-state index in [-0.39, 0.29) is 0 Å². The van der Waals surface area contributed by atoms with Gasteiger partial charge in [0, 0.05) is 11.6 Å². The molecule has 0 saturated heterocycles. The minimum absolute atomic E-state index is 0.582. The zero-order valence-electron chi connectivity index (χ0n) is 9.98. The molecule has 2 aromatic rings. The Morgan fingerprint density at radius 2 is 2.12 bits per heavy atom. The molecule has 1 saturated carbocycles. The van der Waals surface area contributed by atoms with Crippen molar-refractivity contribution >= 4 is 10.9 Å². The fourth-order valence-corrected chi connectivity index (χ4v) is 2.25. The molecule has 1 aromatic carbocycles. The first-order chi connectivity index (χ1) is 7.74. The monoisotopic (exact) mass is 214 g/mol. The molecule has 1 aromatic heterocycles. The fraction of sp³-hybridized carbons (Fsp3) is 0.500. The maximum atomic E-state index is 4.69. The van der Waals surface area contributed by atoms with Crippen molar-refractivity contribution in [1.29, 1.82) is 0 Å². The van der Waals surface area contributed by atoms with Gasteiger partial charge in [-0.1, -0.05) is 26.0 Å². The van der Waals surface area contributed by atoms with Crippen molar-refractivity contribution in [2.24, 2.45) is 0 Å². The van der Waals surface area contributed by atoms with Crippen molar-refractivity contribution in [3.05, 3.63) is 30.0 Å². The van der Waals surface area contributed by atoms with Crippen LogP contribution in [0.5, 0.6) is 0 Å². The van der Waals surface area contributed by atoms with E-state index in [2.05, 4.69) is 42.9 Å². The summed E-state index contributed by atoms with van der Waals surface area (Å²) in [6.07, 6.45) is 6.15. The molecule has 0 atom stereocenters. The van der Waals surface area contributed by atoms with Gasteiger partial charge in [-0.3, -0.25) is 4.68 Å². The second kappa shape index (κ2) is 3.62. The van der Waals surface area contributed by atoms with Crippen LogP contribution in [0.25, 0.3) is 10.9 Å². The number of rotatable bonds is 2. The summed E-state index contributed by atoms with van der Waals surface area (Å²) in [5.41, 5.74) is 2.53. The van der Waals surface area contributed by atoms with Crippen LogP contribution in [0.4, 0.5) is 0 Å². The van der Waals surface area contributed by atoms with Crippen molar-refractivity contribution in [3.63, 3.8) is 0 Å². The molecule has 0 radical (unpaired) electrons. The standard InChI is InChI=1S/C14H18N2/c1-10(2)11-6-7-12-9-16(13-4-3-5-13)15-14(12)8-11/h6-10,13H,3-5H2,1-2H3. The van der Waals surface area contributed by atoms with Gasteiger partial charge in [-0.15, -0.1) is 0 Å². The highest BCUT2D eigenvalue weighted by Gasteiger charge is 2.20. The van der Waals surface area contributed by atoms with E-state index in [1.165, 1.54) is 30.2 Å². The molecular formula is C14H18N2. The number of hydrogen-bond donors (Lipinski definition) is 0. The van der Waals surface area contributed by atoms with Gasteiger partial charge in [0.15, 0.2) is 0 Å². The van der Waals surface area contributed by atoms with Crippen LogP contribution < -0.4 is 0 Å². The molecule has 0 unspecified atom stereocenters. The quantitative estimate of drug-likeness (QED) is 0.741. The first kappa shape index (κ1) is 9.88. The molecular weight excluding hydrogens is 196 g/mol. The minimum Gasteiger partial charge on any atom is -0.268 e. The predicted octanol–water partition coefficient (Wildman–Crippen LogP) is 3.88. The first-order valence-corrected chi connectivity index (χ1v) is 6.23. The SMILES string of the molecule is CC(C)c1ccc2cn(C3CCC3)nc2c1. The lowest BCUT2D eigenvalue weighted by Crippen LogP contribution is -2.17. The smallest absolute Gasteiger partial charge is 0.0926 e. The number of hydrogen-bond acceptors (Lipinski definition) is 1. The Bertz CT molecular complexity index is 506. The van der Waals surface area contributed by atoms with Gasteiger partial charge in [-0.05, 0) is 36.8 Å². The Hall–Kier alpha value is -1.31. The molecule has 2 heteroatoms. The minimum atomic E-state index is 0.582. The van der Waals surface area contributed by atoms with Crippen LogP contribution in [0.3, 0.4) is 0 Å². The summed E-state index contributed by atoms with van der Waals surface area (Å²) in [7, 11) is 0. The molecule has 0 aliphatic heterocycles. The lowest BCUT2D eigenvalue weighted by molar-refractivity contribution is 0.291. The van der Waals surface area contributed by atoms with Crippen LogP contribution in [-0.2, 0) is 0 Å². The average Bonchev–Trinajstić information content (AvgIpc) is 2.56. The summed E-state index contributed by atoms with van der Waals surface area (Å²) in [6.45, 7) is 4.45. The first-order valence-electron chi connectivity index (χ1n) is 6.23. The Morgan fingerprint density at radius 3 is 2.75 bits per heavy atom. The highest BCUT2D eigenvalue weighted by molar-refractivity contribution is 5.78. The number of benzene rings is 1. The van der Waals surface area contributed by atoms with Crippen molar-refractivity contribution < 1.29 is 0 Å². The molecule has 0 bridgehead atoms. The van der Waals surface area contributed by atoms with Gasteiger partial charge < -0.3 is 0 Å². The zero-order valence-corrected chi connectivity index (χ0v) is 9.98. The molecule has 3 rings (SSSR count). The normalized spacial score (nSPS) is 16.9. The van der Waals surface area contributed by atoms with E-state index in [9.17, 15) is 0 Å². The van der Waals surface area contributed by atoms with E-state index in [1.807, 2.05) is 0 Å². The third kappa shape index (κ3) is 1.53. The van der Waals surface area contributed by atoms with Crippen molar-refractivity contribution in [2.75, 3.05) is 0 Å². The highest BCUT2D eigenvalue weighted by atomic mass is 15.3. The molecule has 84 valence electrons. The van der Waals surface area contributed by atoms with E-state index in [1.54, 1.807) is 0 Å². The van der Waals surface area contributed by atoms with Crippen molar-refractivity contribution in [2.45, 2.75) is 45.1 Å². The number of nitrogens with zero attached hydrogens (tertiary/aromatic N) is 2. The van der Waals surface area contributed by atoms with E-state index < -0.39 is 0 Å². The third-order valence-corrected chi connectivity index (χ3v) is 3.66. The third-order valence-electron chi connectivity index (χ3n) is 3.66. The van der Waals surface area contributed by atoms with Crippen molar-refractivity contribution in [1.82, 2.24) is 9.78 Å². The van der Waals surface area contributed by atoms with Gasteiger partial charge >= 0.3 is 0 Å². The van der Waals surface area contributed by atoms with Gasteiger partial charge in [-0.2, -0.15) is 5.10 Å². The maximum Gasteiger partial charge on any atom is 0.0926 e. The Kier molecular flexibility index (Phi) is 2.23. The Balaban J connectivity index is 2.03. The average molecular weight is 214 g/mol. The van der Waals surface area contributed by atoms with Crippen LogP contribution in [-0.4, -0.2) is 9.78 Å². The Morgan fingerprint density at radius 1 is 1.31 bits per heavy atom. The van der Waals surface area contributed by atoms with Gasteiger partial charge in [0.25, 0.3) is 0 Å². The van der Waals surface area contributed by atoms with E-state index in [4.69, 9.17) is 5.10 Å². The van der Waals surface area contributed by atoms with E-state index in [0.717, 1.165) is 5.52 Å². The predicted molar refractivity (Wildman–Crippen MR) is 66.7 cm³/mol. The molecule has 1 aliphatic rings. The van der Waals surface area contributed by atoms with Gasteiger partial charge in [-0.25, -0.2) is 0 Å². The van der Waals surface area contributed by atoms with Crippen LogP contribution in [0.15, 0.2) is 24.4 Å². The van der Waals surface area contributed by atoms with Gasteiger partial charge in [0.2, 0.25) is 0 Å². The fourth-order valence-electron chi connectivity index (χ4n) is 2.25.